The third kappa shape index (κ3) is 3.67. The number of esters is 1. The molecule has 0 heterocycles. The van der Waals surface area contributed by atoms with Crippen molar-refractivity contribution in [3.05, 3.63) is 34.9 Å². The van der Waals surface area contributed by atoms with Crippen LogP contribution in [0.25, 0.3) is 0 Å². The summed E-state index contributed by atoms with van der Waals surface area (Å²) >= 11 is 6.38. The minimum absolute atomic E-state index is 0.0663. The van der Waals surface area contributed by atoms with Gasteiger partial charge in [-0.05, 0) is 51.0 Å². The minimum Gasteiger partial charge on any atom is -0.453 e. The second-order valence-electron chi connectivity index (χ2n) is 7.74. The number of rotatable bonds is 5. The molecular formula is C21H26ClNO5. The molecule has 2 aliphatic carbocycles. The van der Waals surface area contributed by atoms with E-state index >= 15 is 0 Å². The van der Waals surface area contributed by atoms with Crippen LogP contribution in [-0.2, 0) is 24.7 Å². The van der Waals surface area contributed by atoms with Gasteiger partial charge in [0.2, 0.25) is 0 Å². The van der Waals surface area contributed by atoms with Gasteiger partial charge >= 0.3 is 5.97 Å². The molecule has 7 heteroatoms. The van der Waals surface area contributed by atoms with Gasteiger partial charge in [0.25, 0.3) is 5.91 Å². The molecule has 0 saturated heterocycles. The van der Waals surface area contributed by atoms with Crippen molar-refractivity contribution in [1.82, 2.24) is 4.90 Å². The molecule has 0 aliphatic heterocycles. The van der Waals surface area contributed by atoms with E-state index in [1.165, 1.54) is 4.90 Å². The highest BCUT2D eigenvalue weighted by Gasteiger charge is 2.48. The zero-order valence-electron chi connectivity index (χ0n) is 16.1. The standard InChI is InChI=1S/C21H26ClNO5/c1-23(18(25)14-28-19(26)20(27)11-6-7-12-20)21(13-5-4-10-17(21)24)15-8-2-3-9-16(15)22/h2-3,8-9,27H,4-7,10-14H2,1H3. The number of likely N-dealkylation sites (N-methyl/N-ethyl adjacent to an activating group) is 1. The molecule has 2 saturated carbocycles. The van der Waals surface area contributed by atoms with Gasteiger partial charge in [0.1, 0.15) is 5.54 Å². The number of amides is 1. The maximum Gasteiger partial charge on any atom is 0.338 e. The first-order valence-corrected chi connectivity index (χ1v) is 10.1. The number of nitrogens with zero attached hydrogens (tertiary/aromatic N) is 1. The molecule has 2 fully saturated rings. The van der Waals surface area contributed by atoms with Crippen molar-refractivity contribution >= 4 is 29.3 Å². The molecule has 0 aromatic heterocycles. The predicted octanol–water partition coefficient (Wildman–Crippen LogP) is 2.99. The number of ketones is 1. The largest absolute Gasteiger partial charge is 0.453 e. The lowest BCUT2D eigenvalue weighted by molar-refractivity contribution is -0.170. The number of halogens is 1. The molecular weight excluding hydrogens is 382 g/mol. The smallest absolute Gasteiger partial charge is 0.338 e. The van der Waals surface area contributed by atoms with Gasteiger partial charge in [-0.25, -0.2) is 4.79 Å². The summed E-state index contributed by atoms with van der Waals surface area (Å²) in [4.78, 5) is 39.5. The molecule has 0 bridgehead atoms. The number of ether oxygens (including phenoxy) is 1. The van der Waals surface area contributed by atoms with E-state index < -0.39 is 29.6 Å². The molecule has 0 radical (unpaired) electrons. The second-order valence-corrected chi connectivity index (χ2v) is 8.15. The number of Topliss-reactive ketones (excluding diaryl/α,β-unsaturated/α-hetero) is 1. The van der Waals surface area contributed by atoms with Gasteiger partial charge in [-0.2, -0.15) is 0 Å². The summed E-state index contributed by atoms with van der Waals surface area (Å²) in [6, 6.07) is 7.04. The first-order chi connectivity index (χ1) is 13.3. The van der Waals surface area contributed by atoms with Crippen LogP contribution >= 0.6 is 11.6 Å². The van der Waals surface area contributed by atoms with Gasteiger partial charge in [-0.1, -0.05) is 29.8 Å². The Morgan fingerprint density at radius 2 is 1.79 bits per heavy atom. The lowest BCUT2D eigenvalue weighted by Gasteiger charge is -2.43. The van der Waals surface area contributed by atoms with E-state index in [0.29, 0.717) is 36.3 Å². The van der Waals surface area contributed by atoms with E-state index in [-0.39, 0.29) is 5.78 Å². The number of benzene rings is 1. The number of hydrogen-bond donors (Lipinski definition) is 1. The lowest BCUT2D eigenvalue weighted by atomic mass is 9.74. The molecule has 1 aromatic carbocycles. The molecule has 1 atom stereocenters. The van der Waals surface area contributed by atoms with Gasteiger partial charge in [0.05, 0.1) is 0 Å². The third-order valence-corrected chi connectivity index (χ3v) is 6.39. The monoisotopic (exact) mass is 407 g/mol. The first kappa shape index (κ1) is 20.8. The highest BCUT2D eigenvalue weighted by atomic mass is 35.5. The Bertz CT molecular complexity index is 774. The Balaban J connectivity index is 1.81. The summed E-state index contributed by atoms with van der Waals surface area (Å²) in [5.41, 5.74) is -2.07. The van der Waals surface area contributed by atoms with Crippen LogP contribution in [0.2, 0.25) is 5.02 Å². The van der Waals surface area contributed by atoms with Crippen molar-refractivity contribution in [2.45, 2.75) is 62.5 Å². The van der Waals surface area contributed by atoms with Crippen LogP contribution in [0.15, 0.2) is 24.3 Å². The van der Waals surface area contributed by atoms with E-state index in [9.17, 15) is 19.5 Å². The van der Waals surface area contributed by atoms with E-state index in [4.69, 9.17) is 16.3 Å². The number of aliphatic hydroxyl groups is 1. The molecule has 2 aliphatic rings. The van der Waals surface area contributed by atoms with Crippen LogP contribution in [0.4, 0.5) is 0 Å². The van der Waals surface area contributed by atoms with Gasteiger partial charge in [-0.15, -0.1) is 0 Å². The van der Waals surface area contributed by atoms with Gasteiger partial charge in [-0.3, -0.25) is 9.59 Å². The Morgan fingerprint density at radius 3 is 2.43 bits per heavy atom. The van der Waals surface area contributed by atoms with Crippen LogP contribution in [0, 0.1) is 0 Å². The topological polar surface area (TPSA) is 83.9 Å². The maximum absolute atomic E-state index is 13.0. The predicted molar refractivity (Wildman–Crippen MR) is 104 cm³/mol. The Morgan fingerprint density at radius 1 is 1.14 bits per heavy atom. The third-order valence-electron chi connectivity index (χ3n) is 6.06. The molecule has 1 amide bonds. The van der Waals surface area contributed by atoms with Gasteiger partial charge < -0.3 is 14.7 Å². The lowest BCUT2D eigenvalue weighted by Crippen LogP contribution is -2.55. The van der Waals surface area contributed by atoms with Crippen molar-refractivity contribution < 1.29 is 24.2 Å². The summed E-state index contributed by atoms with van der Waals surface area (Å²) in [5.74, 6) is -1.33. The van der Waals surface area contributed by atoms with E-state index in [1.54, 1.807) is 31.3 Å². The molecule has 1 unspecified atom stereocenters. The highest BCUT2D eigenvalue weighted by Crippen LogP contribution is 2.42. The van der Waals surface area contributed by atoms with Gasteiger partial charge in [0.15, 0.2) is 18.0 Å². The zero-order chi connectivity index (χ0) is 20.4. The van der Waals surface area contributed by atoms with E-state index in [1.807, 2.05) is 0 Å². The molecule has 3 rings (SSSR count). The average molecular weight is 408 g/mol. The SMILES string of the molecule is CN(C(=O)COC(=O)C1(O)CCCC1)C1(c2ccccc2Cl)CCCCC1=O. The van der Waals surface area contributed by atoms with E-state index in [2.05, 4.69) is 0 Å². The zero-order valence-corrected chi connectivity index (χ0v) is 16.8. The van der Waals surface area contributed by atoms with Crippen LogP contribution in [0.3, 0.4) is 0 Å². The fourth-order valence-corrected chi connectivity index (χ4v) is 4.66. The Hall–Kier alpha value is -1.92. The summed E-state index contributed by atoms with van der Waals surface area (Å²) in [5, 5.41) is 10.7. The average Bonchev–Trinajstić information content (AvgIpc) is 3.14. The van der Waals surface area contributed by atoms with Crippen LogP contribution < -0.4 is 0 Å². The van der Waals surface area contributed by atoms with Gasteiger partial charge in [0, 0.05) is 24.1 Å². The summed E-state index contributed by atoms with van der Waals surface area (Å²) < 4.78 is 5.12. The Labute approximate surface area is 169 Å². The Kier molecular flexibility index (Phi) is 6.10. The molecule has 1 aromatic rings. The second kappa shape index (κ2) is 8.21. The van der Waals surface area contributed by atoms with Crippen molar-refractivity contribution in [1.29, 1.82) is 0 Å². The molecule has 1 N–H and O–H groups in total. The maximum atomic E-state index is 13.0. The van der Waals surface area contributed by atoms with Crippen molar-refractivity contribution in [3.8, 4) is 0 Å². The summed E-state index contributed by atoms with van der Waals surface area (Å²) in [6.07, 6.45) is 4.59. The normalized spacial score (nSPS) is 24.0. The first-order valence-electron chi connectivity index (χ1n) is 9.76. The van der Waals surface area contributed by atoms with Crippen molar-refractivity contribution in [3.63, 3.8) is 0 Å². The number of carbonyl (C=O) groups is 3. The number of carbonyl (C=O) groups excluding carboxylic acids is 3. The van der Waals surface area contributed by atoms with E-state index in [0.717, 1.165) is 25.7 Å². The number of hydrogen-bond acceptors (Lipinski definition) is 5. The summed E-state index contributed by atoms with van der Waals surface area (Å²) in [7, 11) is 1.55. The van der Waals surface area contributed by atoms with Crippen molar-refractivity contribution in [2.75, 3.05) is 13.7 Å². The molecule has 0 spiro atoms. The molecule has 152 valence electrons. The van der Waals surface area contributed by atoms with Crippen LogP contribution in [0.5, 0.6) is 0 Å². The fourth-order valence-electron chi connectivity index (χ4n) is 4.36. The highest BCUT2D eigenvalue weighted by molar-refractivity contribution is 6.31. The fraction of sp³-hybridized carbons (Fsp3) is 0.571. The van der Waals surface area contributed by atoms with Crippen LogP contribution in [-0.4, -0.2) is 46.9 Å². The summed E-state index contributed by atoms with van der Waals surface area (Å²) in [6.45, 7) is -0.517. The molecule has 28 heavy (non-hydrogen) atoms. The van der Waals surface area contributed by atoms with Crippen LogP contribution in [0.1, 0.15) is 56.9 Å². The minimum atomic E-state index is -1.50. The molecule has 6 nitrogen and oxygen atoms in total. The van der Waals surface area contributed by atoms with Crippen molar-refractivity contribution in [2.24, 2.45) is 0 Å². The quantitative estimate of drug-likeness (QED) is 0.758.